The summed E-state index contributed by atoms with van der Waals surface area (Å²) in [5.41, 5.74) is 5.71. The Morgan fingerprint density at radius 2 is 2.12 bits per heavy atom. The minimum absolute atomic E-state index is 0.338. The number of fused-ring (bicyclic) bond motifs is 3. The Labute approximate surface area is 152 Å². The fourth-order valence-electron chi connectivity index (χ4n) is 3.59. The number of carbonyl (C=O) groups excluding carboxylic acids is 1. The third-order valence-electron chi connectivity index (χ3n) is 4.80. The van der Waals surface area contributed by atoms with E-state index in [9.17, 15) is 4.79 Å². The van der Waals surface area contributed by atoms with Crippen LogP contribution in [0.2, 0.25) is 0 Å². The van der Waals surface area contributed by atoms with Crippen LogP contribution in [-0.4, -0.2) is 32.6 Å². The van der Waals surface area contributed by atoms with Gasteiger partial charge in [0, 0.05) is 12.2 Å². The molecule has 0 unspecified atom stereocenters. The van der Waals surface area contributed by atoms with Crippen molar-refractivity contribution in [3.8, 4) is 11.3 Å². The maximum atomic E-state index is 12.4. The molecule has 2 aromatic heterocycles. The van der Waals surface area contributed by atoms with Gasteiger partial charge in [-0.05, 0) is 43.7 Å². The van der Waals surface area contributed by atoms with Crippen molar-refractivity contribution in [2.24, 2.45) is 0 Å². The van der Waals surface area contributed by atoms with E-state index in [1.807, 2.05) is 23.9 Å². The molecular formula is C20H22N4O2. The minimum Gasteiger partial charge on any atom is -0.461 e. The SMILES string of the molecule is CCOC(=O)c1nn(CCCc2ccccc2)c2c1-c1[nH]ncc1CC2. The van der Waals surface area contributed by atoms with Gasteiger partial charge in [-0.2, -0.15) is 10.2 Å². The molecule has 0 amide bonds. The van der Waals surface area contributed by atoms with Crippen molar-refractivity contribution in [2.45, 2.75) is 39.2 Å². The van der Waals surface area contributed by atoms with Crippen LogP contribution in [0.5, 0.6) is 0 Å². The van der Waals surface area contributed by atoms with Gasteiger partial charge in [0.1, 0.15) is 0 Å². The fourth-order valence-corrected chi connectivity index (χ4v) is 3.59. The molecule has 1 aliphatic carbocycles. The molecule has 1 aliphatic rings. The van der Waals surface area contributed by atoms with Gasteiger partial charge in [0.2, 0.25) is 0 Å². The molecule has 0 radical (unpaired) electrons. The highest BCUT2D eigenvalue weighted by molar-refractivity contribution is 5.96. The lowest BCUT2D eigenvalue weighted by Crippen LogP contribution is -2.10. The Kier molecular flexibility index (Phi) is 4.56. The second-order valence-corrected chi connectivity index (χ2v) is 6.47. The molecule has 0 saturated heterocycles. The molecule has 26 heavy (non-hydrogen) atoms. The highest BCUT2D eigenvalue weighted by atomic mass is 16.5. The average molecular weight is 350 g/mol. The Hall–Kier alpha value is -2.89. The van der Waals surface area contributed by atoms with Crippen molar-refractivity contribution >= 4 is 5.97 Å². The maximum Gasteiger partial charge on any atom is 0.359 e. The second kappa shape index (κ2) is 7.15. The molecule has 4 rings (SSSR count). The Morgan fingerprint density at radius 3 is 2.92 bits per heavy atom. The number of hydrogen-bond donors (Lipinski definition) is 1. The molecule has 1 N–H and O–H groups in total. The molecule has 0 aliphatic heterocycles. The Balaban J connectivity index is 1.62. The van der Waals surface area contributed by atoms with E-state index < -0.39 is 0 Å². The summed E-state index contributed by atoms with van der Waals surface area (Å²) in [5, 5.41) is 11.8. The molecule has 6 heteroatoms. The van der Waals surface area contributed by atoms with Gasteiger partial charge in [-0.3, -0.25) is 9.78 Å². The van der Waals surface area contributed by atoms with Crippen molar-refractivity contribution < 1.29 is 9.53 Å². The number of nitrogens with zero attached hydrogens (tertiary/aromatic N) is 3. The maximum absolute atomic E-state index is 12.4. The molecular weight excluding hydrogens is 328 g/mol. The van der Waals surface area contributed by atoms with Gasteiger partial charge in [0.15, 0.2) is 5.69 Å². The van der Waals surface area contributed by atoms with Gasteiger partial charge < -0.3 is 4.74 Å². The van der Waals surface area contributed by atoms with Crippen LogP contribution < -0.4 is 0 Å². The zero-order chi connectivity index (χ0) is 17.9. The van der Waals surface area contributed by atoms with Crippen LogP contribution in [-0.2, 0) is 30.5 Å². The number of benzene rings is 1. The highest BCUT2D eigenvalue weighted by Gasteiger charge is 2.30. The number of aromatic nitrogens is 4. The van der Waals surface area contributed by atoms with Crippen molar-refractivity contribution in [1.82, 2.24) is 20.0 Å². The van der Waals surface area contributed by atoms with E-state index in [1.54, 1.807) is 0 Å². The molecule has 2 heterocycles. The molecule has 0 saturated carbocycles. The number of ether oxygens (including phenoxy) is 1. The first-order chi connectivity index (χ1) is 12.8. The number of hydrogen-bond acceptors (Lipinski definition) is 4. The van der Waals surface area contributed by atoms with Crippen molar-refractivity contribution in [3.05, 3.63) is 59.0 Å². The number of rotatable bonds is 6. The smallest absolute Gasteiger partial charge is 0.359 e. The zero-order valence-corrected chi connectivity index (χ0v) is 14.9. The molecule has 6 nitrogen and oxygen atoms in total. The lowest BCUT2D eigenvalue weighted by Gasteiger charge is -2.14. The molecule has 0 bridgehead atoms. The lowest BCUT2D eigenvalue weighted by molar-refractivity contribution is 0.0519. The second-order valence-electron chi connectivity index (χ2n) is 6.47. The first-order valence-electron chi connectivity index (χ1n) is 9.11. The largest absolute Gasteiger partial charge is 0.461 e. The van der Waals surface area contributed by atoms with E-state index >= 15 is 0 Å². The van der Waals surface area contributed by atoms with E-state index in [0.29, 0.717) is 12.3 Å². The van der Waals surface area contributed by atoms with Crippen molar-refractivity contribution in [2.75, 3.05) is 6.61 Å². The number of aromatic amines is 1. The number of esters is 1. The summed E-state index contributed by atoms with van der Waals surface area (Å²) in [7, 11) is 0. The van der Waals surface area contributed by atoms with Gasteiger partial charge in [-0.1, -0.05) is 30.3 Å². The van der Waals surface area contributed by atoms with Gasteiger partial charge in [0.05, 0.1) is 24.1 Å². The zero-order valence-electron chi connectivity index (χ0n) is 14.9. The molecule has 0 fully saturated rings. The van der Waals surface area contributed by atoms with Gasteiger partial charge >= 0.3 is 5.97 Å². The molecule has 0 atom stereocenters. The average Bonchev–Trinajstić information content (AvgIpc) is 3.27. The summed E-state index contributed by atoms with van der Waals surface area (Å²) >= 11 is 0. The summed E-state index contributed by atoms with van der Waals surface area (Å²) < 4.78 is 7.20. The van der Waals surface area contributed by atoms with Crippen LogP contribution in [0.1, 0.15) is 40.7 Å². The van der Waals surface area contributed by atoms with E-state index in [2.05, 4.69) is 39.6 Å². The van der Waals surface area contributed by atoms with Crippen molar-refractivity contribution in [3.63, 3.8) is 0 Å². The number of H-pyrrole nitrogens is 1. The molecule has 1 aromatic carbocycles. The van der Waals surface area contributed by atoms with E-state index in [1.165, 1.54) is 5.56 Å². The van der Waals surface area contributed by atoms with E-state index in [-0.39, 0.29) is 5.97 Å². The Bertz CT molecular complexity index is 911. The van der Waals surface area contributed by atoms with Gasteiger partial charge in [-0.15, -0.1) is 0 Å². The number of carbonyl (C=O) groups is 1. The van der Waals surface area contributed by atoms with Crippen LogP contribution in [0, 0.1) is 0 Å². The first-order valence-corrected chi connectivity index (χ1v) is 9.11. The summed E-state index contributed by atoms with van der Waals surface area (Å²) in [5.74, 6) is -0.368. The Morgan fingerprint density at radius 1 is 1.27 bits per heavy atom. The standard InChI is InChI=1S/C20H22N4O2/c1-2-26-20(25)19-17-16(11-10-15-13-21-22-18(15)17)24(23-19)12-6-9-14-7-4-3-5-8-14/h3-5,7-8,13H,2,6,9-12H2,1H3,(H,21,22). The van der Waals surface area contributed by atoms with Crippen LogP contribution in [0.4, 0.5) is 0 Å². The monoisotopic (exact) mass is 350 g/mol. The van der Waals surface area contributed by atoms with Gasteiger partial charge in [-0.25, -0.2) is 4.79 Å². The summed E-state index contributed by atoms with van der Waals surface area (Å²) in [4.78, 5) is 12.4. The topological polar surface area (TPSA) is 72.8 Å². The van der Waals surface area contributed by atoms with E-state index in [4.69, 9.17) is 4.74 Å². The minimum atomic E-state index is -0.368. The fraction of sp³-hybridized carbons (Fsp3) is 0.350. The predicted molar refractivity (Wildman–Crippen MR) is 97.9 cm³/mol. The van der Waals surface area contributed by atoms with Crippen LogP contribution in [0.3, 0.4) is 0 Å². The van der Waals surface area contributed by atoms with Crippen LogP contribution >= 0.6 is 0 Å². The summed E-state index contributed by atoms with van der Waals surface area (Å²) in [6.45, 7) is 2.92. The van der Waals surface area contributed by atoms with Crippen molar-refractivity contribution in [1.29, 1.82) is 0 Å². The van der Waals surface area contributed by atoms with Gasteiger partial charge in [0.25, 0.3) is 0 Å². The number of nitrogens with one attached hydrogen (secondary N) is 1. The molecule has 134 valence electrons. The van der Waals surface area contributed by atoms with Crippen LogP contribution in [0.15, 0.2) is 36.5 Å². The molecule has 3 aromatic rings. The first kappa shape index (κ1) is 16.6. The quantitative estimate of drug-likeness (QED) is 0.693. The predicted octanol–water partition coefficient (Wildman–Crippen LogP) is 3.18. The lowest BCUT2D eigenvalue weighted by atomic mass is 9.94. The van der Waals surface area contributed by atoms with E-state index in [0.717, 1.165) is 54.7 Å². The summed E-state index contributed by atoms with van der Waals surface area (Å²) in [6.07, 6.45) is 5.56. The summed E-state index contributed by atoms with van der Waals surface area (Å²) in [6, 6.07) is 10.4. The normalized spacial score (nSPS) is 12.5. The highest BCUT2D eigenvalue weighted by Crippen LogP contribution is 2.35. The molecule has 0 spiro atoms. The number of aryl methyl sites for hydroxylation is 3. The van der Waals surface area contributed by atoms with Crippen LogP contribution in [0.25, 0.3) is 11.3 Å². The third kappa shape index (κ3) is 3.03. The third-order valence-corrected chi connectivity index (χ3v) is 4.80.